The van der Waals surface area contributed by atoms with Gasteiger partial charge >= 0.3 is 0 Å². The zero-order chi connectivity index (χ0) is 16.7. The number of hydrogen-bond acceptors (Lipinski definition) is 10. The highest BCUT2D eigenvalue weighted by Gasteiger charge is 2.29. The summed E-state index contributed by atoms with van der Waals surface area (Å²) in [6.07, 6.45) is -4.92. The Bertz CT molecular complexity index is 510. The molecule has 0 saturated carbocycles. The van der Waals surface area contributed by atoms with Crippen molar-refractivity contribution < 1.29 is 30.5 Å². The molecule has 0 unspecified atom stereocenters. The fourth-order valence-electron chi connectivity index (χ4n) is 1.37. The van der Waals surface area contributed by atoms with Gasteiger partial charge in [0.25, 0.3) is 5.69 Å². The van der Waals surface area contributed by atoms with Gasteiger partial charge in [0.1, 0.15) is 36.4 Å². The molecule has 0 bridgehead atoms. The predicted molar refractivity (Wildman–Crippen MR) is 74.1 cm³/mol. The van der Waals surface area contributed by atoms with Crippen molar-refractivity contribution in [2.24, 2.45) is 5.10 Å². The quantitative estimate of drug-likeness (QED) is 0.176. The lowest BCUT2D eigenvalue weighted by atomic mass is 10.0. The Morgan fingerprint density at radius 3 is 2.50 bits per heavy atom. The molecule has 0 saturated heterocycles. The monoisotopic (exact) mass is 316 g/mol. The summed E-state index contributed by atoms with van der Waals surface area (Å²) < 4.78 is 0. The Hall–Kier alpha value is -2.18. The van der Waals surface area contributed by atoms with Crippen LogP contribution in [-0.4, -0.2) is 72.7 Å². The van der Waals surface area contributed by atoms with Gasteiger partial charge in [0.05, 0.1) is 17.7 Å². The van der Waals surface area contributed by atoms with E-state index in [1.54, 1.807) is 0 Å². The number of pyridine rings is 1. The highest BCUT2D eigenvalue weighted by molar-refractivity contribution is 5.65. The molecule has 0 fully saturated rings. The molecular weight excluding hydrogens is 300 g/mol. The number of aliphatic hydroxyl groups is 5. The van der Waals surface area contributed by atoms with Crippen LogP contribution in [0.4, 0.5) is 11.5 Å². The number of hydrazone groups is 1. The van der Waals surface area contributed by atoms with Crippen LogP contribution in [-0.2, 0) is 0 Å². The number of hydrogen-bond donors (Lipinski definition) is 6. The first-order valence-electron chi connectivity index (χ1n) is 6.09. The van der Waals surface area contributed by atoms with Gasteiger partial charge in [-0.1, -0.05) is 0 Å². The Morgan fingerprint density at radius 2 is 2.00 bits per heavy atom. The van der Waals surface area contributed by atoms with Crippen LogP contribution >= 0.6 is 0 Å². The molecule has 122 valence electrons. The molecular formula is C11H16N4O7. The fraction of sp³-hybridized carbons (Fsp3) is 0.455. The first-order valence-corrected chi connectivity index (χ1v) is 6.09. The van der Waals surface area contributed by atoms with E-state index in [0.29, 0.717) is 0 Å². The maximum atomic E-state index is 10.4. The second-order valence-corrected chi connectivity index (χ2v) is 4.27. The third-order valence-electron chi connectivity index (χ3n) is 2.65. The summed E-state index contributed by atoms with van der Waals surface area (Å²) in [5, 5.41) is 60.1. The van der Waals surface area contributed by atoms with E-state index in [9.17, 15) is 25.4 Å². The summed E-state index contributed by atoms with van der Waals surface area (Å²) in [7, 11) is 0. The Balaban J connectivity index is 2.55. The van der Waals surface area contributed by atoms with Crippen molar-refractivity contribution in [1.29, 1.82) is 0 Å². The molecule has 1 aromatic heterocycles. The topological polar surface area (TPSA) is 182 Å². The van der Waals surface area contributed by atoms with Crippen LogP contribution in [0.3, 0.4) is 0 Å². The minimum Gasteiger partial charge on any atom is -0.394 e. The lowest BCUT2D eigenvalue weighted by Crippen LogP contribution is -2.46. The van der Waals surface area contributed by atoms with Gasteiger partial charge in [-0.15, -0.1) is 0 Å². The van der Waals surface area contributed by atoms with Crippen molar-refractivity contribution in [3.8, 4) is 0 Å². The number of anilines is 1. The average molecular weight is 316 g/mol. The summed E-state index contributed by atoms with van der Waals surface area (Å²) in [6, 6.07) is 2.47. The van der Waals surface area contributed by atoms with E-state index >= 15 is 0 Å². The smallest absolute Gasteiger partial charge is 0.287 e. The second kappa shape index (κ2) is 8.31. The number of aliphatic hydroxyl groups excluding tert-OH is 5. The van der Waals surface area contributed by atoms with Gasteiger partial charge < -0.3 is 25.5 Å². The molecule has 0 aliphatic rings. The normalized spacial score (nSPS) is 17.0. The highest BCUT2D eigenvalue weighted by atomic mass is 16.6. The second-order valence-electron chi connectivity index (χ2n) is 4.27. The zero-order valence-corrected chi connectivity index (χ0v) is 11.2. The molecule has 0 amide bonds. The van der Waals surface area contributed by atoms with Gasteiger partial charge in [0.2, 0.25) is 0 Å². The van der Waals surface area contributed by atoms with Crippen LogP contribution in [0.2, 0.25) is 0 Å². The van der Waals surface area contributed by atoms with E-state index in [1.165, 1.54) is 12.1 Å². The molecule has 1 rings (SSSR count). The number of nitrogens with one attached hydrogen (secondary N) is 1. The minimum absolute atomic E-state index is 0.152. The van der Waals surface area contributed by atoms with Crippen LogP contribution in [0.15, 0.2) is 23.4 Å². The molecule has 11 nitrogen and oxygen atoms in total. The summed E-state index contributed by atoms with van der Waals surface area (Å²) in [6.45, 7) is -0.785. The molecule has 0 aliphatic carbocycles. The maximum Gasteiger partial charge on any atom is 0.287 e. The summed E-state index contributed by atoms with van der Waals surface area (Å²) in [5.41, 5.74) is 2.15. The highest BCUT2D eigenvalue weighted by Crippen LogP contribution is 2.11. The summed E-state index contributed by atoms with van der Waals surface area (Å²) in [5.74, 6) is 0.152. The van der Waals surface area contributed by atoms with Gasteiger partial charge in [0, 0.05) is 6.07 Å². The largest absolute Gasteiger partial charge is 0.394 e. The van der Waals surface area contributed by atoms with Crippen molar-refractivity contribution in [1.82, 2.24) is 4.98 Å². The molecule has 1 aromatic rings. The van der Waals surface area contributed by atoms with E-state index in [1.807, 2.05) is 0 Å². The van der Waals surface area contributed by atoms with Crippen LogP contribution < -0.4 is 5.43 Å². The van der Waals surface area contributed by atoms with Crippen molar-refractivity contribution in [2.45, 2.75) is 24.4 Å². The number of nitrogens with zero attached hydrogens (tertiary/aromatic N) is 3. The molecule has 11 heteroatoms. The van der Waals surface area contributed by atoms with Gasteiger partial charge in [-0.2, -0.15) is 5.10 Å². The number of aromatic nitrogens is 1. The van der Waals surface area contributed by atoms with Crippen LogP contribution in [0.1, 0.15) is 0 Å². The van der Waals surface area contributed by atoms with Crippen LogP contribution in [0.25, 0.3) is 0 Å². The molecule has 0 aromatic carbocycles. The van der Waals surface area contributed by atoms with Crippen molar-refractivity contribution in [3.05, 3.63) is 28.4 Å². The van der Waals surface area contributed by atoms with Gasteiger partial charge in [-0.05, 0) is 6.07 Å². The summed E-state index contributed by atoms with van der Waals surface area (Å²) in [4.78, 5) is 13.5. The Morgan fingerprint density at radius 1 is 1.32 bits per heavy atom. The maximum absolute atomic E-state index is 10.4. The van der Waals surface area contributed by atoms with Crippen LogP contribution in [0.5, 0.6) is 0 Å². The van der Waals surface area contributed by atoms with Crippen molar-refractivity contribution >= 4 is 17.7 Å². The molecule has 4 atom stereocenters. The van der Waals surface area contributed by atoms with E-state index < -0.39 is 35.9 Å². The lowest BCUT2D eigenvalue weighted by molar-refractivity contribution is -0.385. The first-order chi connectivity index (χ1) is 10.4. The fourth-order valence-corrected chi connectivity index (χ4v) is 1.37. The van der Waals surface area contributed by atoms with E-state index in [0.717, 1.165) is 12.4 Å². The molecule has 0 radical (unpaired) electrons. The molecule has 0 spiro atoms. The molecule has 6 N–H and O–H groups in total. The molecule has 1 heterocycles. The third kappa shape index (κ3) is 4.98. The van der Waals surface area contributed by atoms with Crippen LogP contribution in [0, 0.1) is 10.1 Å². The van der Waals surface area contributed by atoms with Crippen molar-refractivity contribution in [3.63, 3.8) is 0 Å². The Labute approximate surface area is 124 Å². The number of rotatable bonds is 8. The average Bonchev–Trinajstić information content (AvgIpc) is 2.52. The lowest BCUT2D eigenvalue weighted by Gasteiger charge is -2.23. The number of nitro groups is 1. The molecule has 22 heavy (non-hydrogen) atoms. The Kier molecular flexibility index (Phi) is 6.75. The molecule has 0 aliphatic heterocycles. The van der Waals surface area contributed by atoms with Gasteiger partial charge in [-0.25, -0.2) is 4.98 Å². The predicted octanol–water partition coefficient (Wildman–Crippen LogP) is -2.18. The standard InChI is InChI=1S/C11H16N4O7/c16-5-8(18)11(20)10(19)7(17)4-13-14-9-2-1-6(3-12-9)15(21)22/h1-4,7-8,10-11,16-20H,5H2,(H,12,14)/b13-4+/t7-,8+,10+,11+/m0/s1. The van der Waals surface area contributed by atoms with Crippen molar-refractivity contribution in [2.75, 3.05) is 12.0 Å². The van der Waals surface area contributed by atoms with Gasteiger partial charge in [0.15, 0.2) is 0 Å². The van der Waals surface area contributed by atoms with Gasteiger partial charge in [-0.3, -0.25) is 15.5 Å². The van der Waals surface area contributed by atoms with E-state index in [4.69, 9.17) is 10.2 Å². The van der Waals surface area contributed by atoms with E-state index in [2.05, 4.69) is 15.5 Å². The SMILES string of the molecule is O=[N+]([O-])c1ccc(N/N=C/[C@H](O)[C@@H](O)[C@H](O)[C@H](O)CO)nc1. The third-order valence-corrected chi connectivity index (χ3v) is 2.65. The minimum atomic E-state index is -1.77. The summed E-state index contributed by atoms with van der Waals surface area (Å²) >= 11 is 0. The zero-order valence-electron chi connectivity index (χ0n) is 11.2. The van der Waals surface area contributed by atoms with E-state index in [-0.39, 0.29) is 11.5 Å². The first kappa shape index (κ1) is 17.9.